The van der Waals surface area contributed by atoms with Crippen LogP contribution in [-0.4, -0.2) is 11.8 Å². The van der Waals surface area contributed by atoms with Gasteiger partial charge < -0.3 is 5.32 Å². The van der Waals surface area contributed by atoms with Crippen LogP contribution in [0.25, 0.3) is 0 Å². The summed E-state index contributed by atoms with van der Waals surface area (Å²) >= 11 is 0. The molecule has 1 heterocycles. The molecule has 0 amide bonds. The summed E-state index contributed by atoms with van der Waals surface area (Å²) in [6.07, 6.45) is 4.47. The van der Waals surface area contributed by atoms with Gasteiger partial charge in [-0.3, -0.25) is 4.99 Å². The number of nitrogens with one attached hydrogen (secondary N) is 1. The van der Waals surface area contributed by atoms with E-state index in [0.717, 1.165) is 12.1 Å². The number of aliphatic imine (C=N–C) groups is 1. The Morgan fingerprint density at radius 3 is 2.94 bits per heavy atom. The predicted octanol–water partition coefficient (Wildman–Crippen LogP) is 3.01. The van der Waals surface area contributed by atoms with Crippen molar-refractivity contribution in [2.24, 2.45) is 4.99 Å². The molecule has 17 heavy (non-hydrogen) atoms. The largest absolute Gasteiger partial charge is 0.383 e. The van der Waals surface area contributed by atoms with Gasteiger partial charge in [0.15, 0.2) is 0 Å². The molecule has 0 saturated carbocycles. The lowest BCUT2D eigenvalue weighted by molar-refractivity contribution is 0.428. The highest BCUT2D eigenvalue weighted by Crippen LogP contribution is 2.34. The molecule has 1 N–H and O–H groups in total. The Kier molecular flexibility index (Phi) is 2.50. The maximum absolute atomic E-state index is 4.87. The van der Waals surface area contributed by atoms with E-state index < -0.39 is 0 Å². The summed E-state index contributed by atoms with van der Waals surface area (Å²) in [5.74, 6) is 0. The minimum Gasteiger partial charge on any atom is -0.383 e. The molecule has 0 spiro atoms. The van der Waals surface area contributed by atoms with Gasteiger partial charge in [-0.25, -0.2) is 0 Å². The quantitative estimate of drug-likeness (QED) is 0.722. The van der Waals surface area contributed by atoms with Crippen LogP contribution in [0.15, 0.2) is 41.0 Å². The SMILES string of the molecule is CC1=CC(C)=N[C@H]2c3ccccc3CC[C@@H]2N1. The lowest BCUT2D eigenvalue weighted by Crippen LogP contribution is -2.35. The maximum atomic E-state index is 4.87. The van der Waals surface area contributed by atoms with E-state index in [1.54, 1.807) is 0 Å². The fourth-order valence-corrected chi connectivity index (χ4v) is 2.95. The highest BCUT2D eigenvalue weighted by Gasteiger charge is 2.29. The fraction of sp³-hybridized carbons (Fsp3) is 0.400. The first kappa shape index (κ1) is 10.6. The van der Waals surface area contributed by atoms with E-state index in [1.165, 1.54) is 23.2 Å². The summed E-state index contributed by atoms with van der Waals surface area (Å²) in [4.78, 5) is 4.87. The van der Waals surface area contributed by atoms with Crippen molar-refractivity contribution in [2.75, 3.05) is 0 Å². The van der Waals surface area contributed by atoms with E-state index in [2.05, 4.69) is 49.5 Å². The van der Waals surface area contributed by atoms with Gasteiger partial charge in [0, 0.05) is 11.4 Å². The van der Waals surface area contributed by atoms with Gasteiger partial charge in [-0.1, -0.05) is 24.3 Å². The molecule has 0 radical (unpaired) electrons. The average molecular weight is 226 g/mol. The van der Waals surface area contributed by atoms with Gasteiger partial charge >= 0.3 is 0 Å². The Balaban J connectivity index is 2.05. The maximum Gasteiger partial charge on any atom is 0.0955 e. The third-order valence-corrected chi connectivity index (χ3v) is 3.66. The highest BCUT2D eigenvalue weighted by atomic mass is 15.0. The molecule has 1 aliphatic heterocycles. The summed E-state index contributed by atoms with van der Waals surface area (Å²) in [7, 11) is 0. The number of nitrogens with zero attached hydrogens (tertiary/aromatic N) is 1. The van der Waals surface area contributed by atoms with Crippen LogP contribution in [-0.2, 0) is 6.42 Å². The molecule has 2 nitrogen and oxygen atoms in total. The van der Waals surface area contributed by atoms with Crippen molar-refractivity contribution >= 4 is 5.71 Å². The second-order valence-corrected chi connectivity index (χ2v) is 5.03. The number of aryl methyl sites for hydroxylation is 1. The summed E-state index contributed by atoms with van der Waals surface area (Å²) in [6, 6.07) is 9.46. The van der Waals surface area contributed by atoms with Crippen LogP contribution < -0.4 is 5.32 Å². The molecule has 0 aromatic heterocycles. The summed E-state index contributed by atoms with van der Waals surface area (Å²) < 4.78 is 0. The van der Waals surface area contributed by atoms with Crippen molar-refractivity contribution in [1.82, 2.24) is 5.32 Å². The van der Waals surface area contributed by atoms with Crippen LogP contribution in [0.4, 0.5) is 0 Å². The highest BCUT2D eigenvalue weighted by molar-refractivity contribution is 5.93. The van der Waals surface area contributed by atoms with E-state index in [4.69, 9.17) is 4.99 Å². The Morgan fingerprint density at radius 1 is 1.24 bits per heavy atom. The van der Waals surface area contributed by atoms with E-state index >= 15 is 0 Å². The minimum atomic E-state index is 0.286. The molecule has 1 aromatic rings. The van der Waals surface area contributed by atoms with Crippen molar-refractivity contribution in [1.29, 1.82) is 0 Å². The second-order valence-electron chi connectivity index (χ2n) is 5.03. The van der Waals surface area contributed by atoms with E-state index in [-0.39, 0.29) is 6.04 Å². The number of hydrogen-bond acceptors (Lipinski definition) is 2. The molecular formula is C15H18N2. The van der Waals surface area contributed by atoms with Crippen LogP contribution in [0.1, 0.15) is 37.4 Å². The van der Waals surface area contributed by atoms with Crippen molar-refractivity contribution in [3.05, 3.63) is 47.2 Å². The zero-order chi connectivity index (χ0) is 11.8. The molecule has 1 aromatic carbocycles. The molecule has 0 bridgehead atoms. The Morgan fingerprint density at radius 2 is 2.06 bits per heavy atom. The van der Waals surface area contributed by atoms with Crippen molar-refractivity contribution in [3.8, 4) is 0 Å². The van der Waals surface area contributed by atoms with Crippen molar-refractivity contribution < 1.29 is 0 Å². The van der Waals surface area contributed by atoms with Crippen molar-refractivity contribution in [3.63, 3.8) is 0 Å². The summed E-state index contributed by atoms with van der Waals surface area (Å²) in [6.45, 7) is 4.21. The number of allylic oxidation sites excluding steroid dienone is 2. The predicted molar refractivity (Wildman–Crippen MR) is 71.3 cm³/mol. The molecule has 2 atom stereocenters. The Bertz CT molecular complexity index is 499. The summed E-state index contributed by atoms with van der Waals surface area (Å²) in [5.41, 5.74) is 5.22. The van der Waals surface area contributed by atoms with E-state index in [9.17, 15) is 0 Å². The number of rotatable bonds is 0. The van der Waals surface area contributed by atoms with Gasteiger partial charge in [-0.15, -0.1) is 0 Å². The molecule has 0 unspecified atom stereocenters. The number of hydrogen-bond donors (Lipinski definition) is 1. The van der Waals surface area contributed by atoms with Crippen LogP contribution >= 0.6 is 0 Å². The first-order chi connectivity index (χ1) is 8.24. The summed E-state index contributed by atoms with van der Waals surface area (Å²) in [5, 5.41) is 3.60. The molecule has 1 aliphatic carbocycles. The molecule has 0 saturated heterocycles. The molecule has 2 heteroatoms. The Labute approximate surface area is 102 Å². The van der Waals surface area contributed by atoms with Crippen molar-refractivity contribution in [2.45, 2.75) is 38.8 Å². The molecule has 0 fully saturated rings. The number of fused-ring (bicyclic) bond motifs is 3. The molecule has 88 valence electrons. The van der Waals surface area contributed by atoms with Gasteiger partial charge in [0.1, 0.15) is 0 Å². The molecule has 2 aliphatic rings. The van der Waals surface area contributed by atoms with Gasteiger partial charge in [-0.2, -0.15) is 0 Å². The number of benzene rings is 1. The van der Waals surface area contributed by atoms with Gasteiger partial charge in [0.25, 0.3) is 0 Å². The fourth-order valence-electron chi connectivity index (χ4n) is 2.95. The first-order valence-electron chi connectivity index (χ1n) is 6.31. The van der Waals surface area contributed by atoms with Crippen LogP contribution in [0.5, 0.6) is 0 Å². The van der Waals surface area contributed by atoms with E-state index in [0.29, 0.717) is 6.04 Å². The van der Waals surface area contributed by atoms with Crippen LogP contribution in [0, 0.1) is 0 Å². The smallest absolute Gasteiger partial charge is 0.0955 e. The van der Waals surface area contributed by atoms with Crippen LogP contribution in [0.2, 0.25) is 0 Å². The van der Waals surface area contributed by atoms with Gasteiger partial charge in [0.05, 0.1) is 12.1 Å². The van der Waals surface area contributed by atoms with Gasteiger partial charge in [-0.05, 0) is 43.9 Å². The molecular weight excluding hydrogens is 208 g/mol. The normalized spacial score (nSPS) is 26.9. The lowest BCUT2D eigenvalue weighted by atomic mass is 9.84. The van der Waals surface area contributed by atoms with Gasteiger partial charge in [0.2, 0.25) is 0 Å². The zero-order valence-corrected chi connectivity index (χ0v) is 10.4. The van der Waals surface area contributed by atoms with Crippen LogP contribution in [0.3, 0.4) is 0 Å². The minimum absolute atomic E-state index is 0.286. The monoisotopic (exact) mass is 226 g/mol. The lowest BCUT2D eigenvalue weighted by Gasteiger charge is -2.31. The first-order valence-corrected chi connectivity index (χ1v) is 6.31. The topological polar surface area (TPSA) is 24.4 Å². The third kappa shape index (κ3) is 1.88. The third-order valence-electron chi connectivity index (χ3n) is 3.66. The average Bonchev–Trinajstić information content (AvgIpc) is 2.46. The standard InChI is InChI=1S/C15H18N2/c1-10-9-11(2)17-15-13-6-4-3-5-12(13)7-8-14(15)16-10/h3-6,9,14-16H,7-8H2,1-2H3/t14-,15-/m0/s1. The van der Waals surface area contributed by atoms with E-state index in [1.807, 2.05) is 0 Å². The zero-order valence-electron chi connectivity index (χ0n) is 10.4. The second kappa shape index (κ2) is 4.02. The molecule has 3 rings (SSSR count). The Hall–Kier alpha value is -1.57.